The molecule has 0 amide bonds. The zero-order valence-corrected chi connectivity index (χ0v) is 9.53. The van der Waals surface area contributed by atoms with E-state index in [1.807, 2.05) is 6.07 Å². The molecule has 1 aromatic heterocycles. The van der Waals surface area contributed by atoms with Crippen LogP contribution in [0.15, 0.2) is 36.4 Å². The smallest absolute Gasteiger partial charge is 0.252 e. The van der Waals surface area contributed by atoms with Gasteiger partial charge in [0.1, 0.15) is 0 Å². The lowest BCUT2D eigenvalue weighted by atomic mass is 10.1. The van der Waals surface area contributed by atoms with Crippen LogP contribution in [0.3, 0.4) is 0 Å². The van der Waals surface area contributed by atoms with Crippen molar-refractivity contribution in [1.82, 2.24) is 10.2 Å². The quantitative estimate of drug-likeness (QED) is 0.772. The van der Waals surface area contributed by atoms with Gasteiger partial charge >= 0.3 is 0 Å². The van der Waals surface area contributed by atoms with Crippen LogP contribution in [0.5, 0.6) is 0 Å². The Bertz CT molecular complexity index is 526. The van der Waals surface area contributed by atoms with Gasteiger partial charge < -0.3 is 0 Å². The summed E-state index contributed by atoms with van der Waals surface area (Å²) < 4.78 is 0. The van der Waals surface area contributed by atoms with Gasteiger partial charge in [-0.15, -0.1) is 10.2 Å². The second-order valence-corrected chi connectivity index (χ2v) is 3.83. The largest absolute Gasteiger partial charge is 0.276 e. The Morgan fingerprint density at radius 3 is 2.56 bits per heavy atom. The number of halogens is 2. The number of hydrogen-bond acceptors (Lipinski definition) is 3. The van der Waals surface area contributed by atoms with Crippen LogP contribution in [0.25, 0.3) is 11.3 Å². The molecule has 0 atom stereocenters. The van der Waals surface area contributed by atoms with Crippen LogP contribution in [0.4, 0.5) is 0 Å². The Labute approximate surface area is 102 Å². The van der Waals surface area contributed by atoms with E-state index in [0.29, 0.717) is 16.4 Å². The van der Waals surface area contributed by atoms with Crippen molar-refractivity contribution in [2.45, 2.75) is 0 Å². The van der Waals surface area contributed by atoms with E-state index >= 15 is 0 Å². The van der Waals surface area contributed by atoms with Gasteiger partial charge in [0.15, 0.2) is 5.15 Å². The Balaban J connectivity index is 2.44. The highest BCUT2D eigenvalue weighted by molar-refractivity contribution is 6.67. The molecule has 0 saturated heterocycles. The lowest BCUT2D eigenvalue weighted by Gasteiger charge is -2.01. The van der Waals surface area contributed by atoms with Gasteiger partial charge in [0, 0.05) is 11.1 Å². The number of nitrogens with zero attached hydrogens (tertiary/aromatic N) is 2. The summed E-state index contributed by atoms with van der Waals surface area (Å²) in [5, 5.41) is 7.47. The van der Waals surface area contributed by atoms with Gasteiger partial charge in [0.2, 0.25) is 0 Å². The van der Waals surface area contributed by atoms with Crippen LogP contribution in [-0.4, -0.2) is 15.4 Å². The maximum atomic E-state index is 11.0. The molecule has 0 N–H and O–H groups in total. The van der Waals surface area contributed by atoms with Crippen LogP contribution in [0.1, 0.15) is 10.4 Å². The molecule has 5 heteroatoms. The van der Waals surface area contributed by atoms with Crippen LogP contribution in [0, 0.1) is 0 Å². The van der Waals surface area contributed by atoms with Gasteiger partial charge in [0.05, 0.1) is 5.69 Å². The highest BCUT2D eigenvalue weighted by atomic mass is 35.5. The Hall–Kier alpha value is -1.45. The van der Waals surface area contributed by atoms with Crippen LogP contribution >= 0.6 is 23.2 Å². The van der Waals surface area contributed by atoms with E-state index in [9.17, 15) is 4.79 Å². The molecule has 0 bridgehead atoms. The third-order valence-electron chi connectivity index (χ3n) is 2.02. The summed E-state index contributed by atoms with van der Waals surface area (Å²) >= 11 is 11.0. The summed E-state index contributed by atoms with van der Waals surface area (Å²) in [6, 6.07) is 10.2. The van der Waals surface area contributed by atoms with Crippen LogP contribution < -0.4 is 0 Å². The van der Waals surface area contributed by atoms with Crippen molar-refractivity contribution >= 4 is 28.4 Å². The molecular formula is C11H6Cl2N2O. The van der Waals surface area contributed by atoms with Crippen molar-refractivity contribution in [3.63, 3.8) is 0 Å². The first-order chi connectivity index (χ1) is 7.66. The van der Waals surface area contributed by atoms with E-state index in [1.165, 1.54) is 0 Å². The summed E-state index contributed by atoms with van der Waals surface area (Å²) in [7, 11) is 0. The van der Waals surface area contributed by atoms with Crippen molar-refractivity contribution in [2.24, 2.45) is 0 Å². The first kappa shape index (κ1) is 11.0. The molecule has 3 nitrogen and oxygen atoms in total. The topological polar surface area (TPSA) is 42.9 Å². The number of benzene rings is 1. The second kappa shape index (κ2) is 4.60. The second-order valence-electron chi connectivity index (χ2n) is 3.10. The van der Waals surface area contributed by atoms with Crippen molar-refractivity contribution in [3.8, 4) is 11.3 Å². The van der Waals surface area contributed by atoms with Gasteiger partial charge in [-0.05, 0) is 29.8 Å². The fraction of sp³-hybridized carbons (Fsp3) is 0. The highest BCUT2D eigenvalue weighted by Crippen LogP contribution is 2.19. The molecule has 1 heterocycles. The Morgan fingerprint density at radius 1 is 1.12 bits per heavy atom. The number of carbonyl (C=O) groups is 1. The van der Waals surface area contributed by atoms with E-state index in [-0.39, 0.29) is 0 Å². The Morgan fingerprint density at radius 2 is 1.94 bits per heavy atom. The van der Waals surface area contributed by atoms with Gasteiger partial charge in [-0.3, -0.25) is 4.79 Å². The summed E-state index contributed by atoms with van der Waals surface area (Å²) in [6.45, 7) is 0. The van der Waals surface area contributed by atoms with Crippen molar-refractivity contribution in [1.29, 1.82) is 0 Å². The minimum absolute atomic E-state index is 0.327. The van der Waals surface area contributed by atoms with Gasteiger partial charge in [-0.25, -0.2) is 0 Å². The molecule has 0 spiro atoms. The standard InChI is InChI=1S/C11H6Cl2N2O/c12-10-5-4-9(14-15-10)7-2-1-3-8(6-7)11(13)16/h1-6H. The molecule has 16 heavy (non-hydrogen) atoms. The van der Waals surface area contributed by atoms with Gasteiger partial charge in [-0.1, -0.05) is 29.8 Å². The van der Waals surface area contributed by atoms with E-state index in [0.717, 1.165) is 5.56 Å². The molecular weight excluding hydrogens is 247 g/mol. The molecule has 0 unspecified atom stereocenters. The number of hydrogen-bond donors (Lipinski definition) is 0. The number of aromatic nitrogens is 2. The average molecular weight is 253 g/mol. The number of carbonyl (C=O) groups excluding carboxylic acids is 1. The molecule has 0 saturated carbocycles. The predicted molar refractivity (Wildman–Crippen MR) is 62.7 cm³/mol. The van der Waals surface area contributed by atoms with E-state index < -0.39 is 5.24 Å². The molecule has 1 aromatic carbocycles. The predicted octanol–water partition coefficient (Wildman–Crippen LogP) is 3.18. The van der Waals surface area contributed by atoms with Gasteiger partial charge in [-0.2, -0.15) is 0 Å². The minimum Gasteiger partial charge on any atom is -0.276 e. The van der Waals surface area contributed by atoms with Crippen LogP contribution in [0.2, 0.25) is 5.15 Å². The molecule has 0 aliphatic carbocycles. The monoisotopic (exact) mass is 252 g/mol. The number of rotatable bonds is 2. The molecule has 0 aliphatic rings. The maximum Gasteiger partial charge on any atom is 0.252 e. The lowest BCUT2D eigenvalue weighted by molar-refractivity contribution is 0.108. The van der Waals surface area contributed by atoms with Crippen molar-refractivity contribution < 1.29 is 4.79 Å². The van der Waals surface area contributed by atoms with E-state index in [1.54, 1.807) is 30.3 Å². The summed E-state index contributed by atoms with van der Waals surface area (Å²) in [6.07, 6.45) is 0. The molecule has 0 aliphatic heterocycles. The normalized spacial score (nSPS) is 10.1. The van der Waals surface area contributed by atoms with E-state index in [4.69, 9.17) is 23.2 Å². The van der Waals surface area contributed by atoms with Gasteiger partial charge in [0.25, 0.3) is 5.24 Å². The Kier molecular flexibility index (Phi) is 3.17. The summed E-state index contributed by atoms with van der Waals surface area (Å²) in [5.74, 6) is 0. The van der Waals surface area contributed by atoms with Crippen molar-refractivity contribution in [3.05, 3.63) is 47.1 Å². The maximum absolute atomic E-state index is 11.0. The molecule has 2 rings (SSSR count). The summed E-state index contributed by atoms with van der Waals surface area (Å²) in [5.41, 5.74) is 1.84. The first-order valence-electron chi connectivity index (χ1n) is 4.46. The SMILES string of the molecule is O=C(Cl)c1cccc(-c2ccc(Cl)nn2)c1. The fourth-order valence-electron chi connectivity index (χ4n) is 1.27. The lowest BCUT2D eigenvalue weighted by Crippen LogP contribution is -1.91. The van der Waals surface area contributed by atoms with E-state index in [2.05, 4.69) is 10.2 Å². The zero-order chi connectivity index (χ0) is 11.5. The molecule has 0 fully saturated rings. The average Bonchev–Trinajstić information content (AvgIpc) is 2.30. The van der Waals surface area contributed by atoms with Crippen molar-refractivity contribution in [2.75, 3.05) is 0 Å². The third-order valence-corrected chi connectivity index (χ3v) is 2.44. The molecule has 80 valence electrons. The molecule has 2 aromatic rings. The molecule has 0 radical (unpaired) electrons. The third kappa shape index (κ3) is 2.38. The van der Waals surface area contributed by atoms with Crippen LogP contribution in [-0.2, 0) is 0 Å². The minimum atomic E-state index is -0.497. The summed E-state index contributed by atoms with van der Waals surface area (Å²) in [4.78, 5) is 11.0. The zero-order valence-electron chi connectivity index (χ0n) is 8.02. The fourth-order valence-corrected chi connectivity index (χ4v) is 1.49. The highest BCUT2D eigenvalue weighted by Gasteiger charge is 2.05. The first-order valence-corrected chi connectivity index (χ1v) is 5.22.